The molecular weight excluding hydrogens is 426 g/mol. The molecular formula is C22H26F2N2O4S. The molecule has 2 aromatic carbocycles. The number of anilines is 1. The van der Waals surface area contributed by atoms with Crippen LogP contribution in [0.4, 0.5) is 14.5 Å². The van der Waals surface area contributed by atoms with Crippen molar-refractivity contribution in [3.8, 4) is 11.5 Å². The number of hydrogen-bond acceptors (Lipinski definition) is 4. The molecule has 1 fully saturated rings. The Kier molecular flexibility index (Phi) is 7.27. The normalized spacial score (nSPS) is 19.3. The maximum atomic E-state index is 13.9. The largest absolute Gasteiger partial charge is 0.452 e. The third-order valence-corrected chi connectivity index (χ3v) is 7.21. The topological polar surface area (TPSA) is 84.5 Å². The fourth-order valence-corrected chi connectivity index (χ4v) is 4.38. The molecule has 1 aliphatic carbocycles. The van der Waals surface area contributed by atoms with E-state index in [0.29, 0.717) is 31.4 Å². The Morgan fingerprint density at radius 1 is 1.03 bits per heavy atom. The number of sulfonamides is 1. The molecule has 1 saturated carbocycles. The lowest BCUT2D eigenvalue weighted by atomic mass is 9.86. The first kappa shape index (κ1) is 23.1. The van der Waals surface area contributed by atoms with Crippen molar-refractivity contribution < 1.29 is 26.7 Å². The van der Waals surface area contributed by atoms with Crippen molar-refractivity contribution in [2.24, 2.45) is 5.92 Å². The summed E-state index contributed by atoms with van der Waals surface area (Å²) < 4.78 is 59.4. The van der Waals surface area contributed by atoms with Crippen LogP contribution in [-0.4, -0.2) is 25.6 Å². The molecule has 31 heavy (non-hydrogen) atoms. The Labute approximate surface area is 181 Å². The summed E-state index contributed by atoms with van der Waals surface area (Å²) >= 11 is 0. The molecule has 1 amide bonds. The van der Waals surface area contributed by atoms with E-state index >= 15 is 0 Å². The average Bonchev–Trinajstić information content (AvgIpc) is 2.71. The lowest BCUT2D eigenvalue weighted by Gasteiger charge is -2.29. The zero-order chi connectivity index (χ0) is 22.6. The van der Waals surface area contributed by atoms with Crippen molar-refractivity contribution in [1.82, 2.24) is 4.72 Å². The molecule has 168 valence electrons. The maximum absolute atomic E-state index is 13.9. The van der Waals surface area contributed by atoms with E-state index in [4.69, 9.17) is 4.74 Å². The van der Waals surface area contributed by atoms with E-state index in [1.165, 1.54) is 6.07 Å². The summed E-state index contributed by atoms with van der Waals surface area (Å²) in [6, 6.07) is 9.43. The molecule has 0 radical (unpaired) electrons. The fourth-order valence-electron chi connectivity index (χ4n) is 3.41. The number of benzene rings is 2. The molecule has 6 nitrogen and oxygen atoms in total. The lowest BCUT2D eigenvalue weighted by Crippen LogP contribution is -2.42. The SMILES string of the molecule is CC(C)S(=O)(=O)NC1CCC(C(=O)Nc2ccccc2Oc2ccc(F)cc2F)CC1. The Bertz CT molecular complexity index is 1040. The molecule has 0 aromatic heterocycles. The van der Waals surface area contributed by atoms with Crippen molar-refractivity contribution in [1.29, 1.82) is 0 Å². The van der Waals surface area contributed by atoms with E-state index in [-0.39, 0.29) is 29.4 Å². The van der Waals surface area contributed by atoms with Gasteiger partial charge in [-0.05, 0) is 63.8 Å². The molecule has 0 heterocycles. The molecule has 2 N–H and O–H groups in total. The maximum Gasteiger partial charge on any atom is 0.227 e. The molecule has 0 aliphatic heterocycles. The van der Waals surface area contributed by atoms with E-state index in [1.54, 1.807) is 38.1 Å². The van der Waals surface area contributed by atoms with E-state index in [0.717, 1.165) is 12.1 Å². The second-order valence-electron chi connectivity index (χ2n) is 7.92. The highest BCUT2D eigenvalue weighted by Crippen LogP contribution is 2.33. The first-order valence-electron chi connectivity index (χ1n) is 10.2. The quantitative estimate of drug-likeness (QED) is 0.644. The highest BCUT2D eigenvalue weighted by molar-refractivity contribution is 7.90. The van der Waals surface area contributed by atoms with E-state index in [1.807, 2.05) is 0 Å². The van der Waals surface area contributed by atoms with Crippen molar-refractivity contribution in [2.75, 3.05) is 5.32 Å². The van der Waals surface area contributed by atoms with Crippen molar-refractivity contribution in [2.45, 2.75) is 50.8 Å². The summed E-state index contributed by atoms with van der Waals surface area (Å²) in [6.07, 6.45) is 2.24. The van der Waals surface area contributed by atoms with Crippen LogP contribution in [0, 0.1) is 17.6 Å². The first-order valence-corrected chi connectivity index (χ1v) is 11.7. The molecule has 0 atom stereocenters. The van der Waals surface area contributed by atoms with Crippen molar-refractivity contribution in [3.63, 3.8) is 0 Å². The minimum absolute atomic E-state index is 0.152. The lowest BCUT2D eigenvalue weighted by molar-refractivity contribution is -0.120. The van der Waals surface area contributed by atoms with Gasteiger partial charge in [0.15, 0.2) is 17.3 Å². The van der Waals surface area contributed by atoms with Gasteiger partial charge in [-0.25, -0.2) is 21.9 Å². The second-order valence-corrected chi connectivity index (χ2v) is 10.2. The highest BCUT2D eigenvalue weighted by Gasteiger charge is 2.29. The number of para-hydroxylation sites is 2. The number of amides is 1. The number of hydrogen-bond donors (Lipinski definition) is 2. The third-order valence-electron chi connectivity index (χ3n) is 5.31. The molecule has 3 rings (SSSR count). The molecule has 0 spiro atoms. The molecule has 0 saturated heterocycles. The van der Waals surface area contributed by atoms with E-state index in [9.17, 15) is 22.0 Å². The van der Waals surface area contributed by atoms with Gasteiger partial charge >= 0.3 is 0 Å². The van der Waals surface area contributed by atoms with Crippen molar-refractivity contribution in [3.05, 3.63) is 54.1 Å². The molecule has 2 aromatic rings. The van der Waals surface area contributed by atoms with Gasteiger partial charge in [-0.1, -0.05) is 12.1 Å². The van der Waals surface area contributed by atoms with Crippen LogP contribution in [0.5, 0.6) is 11.5 Å². The van der Waals surface area contributed by atoms with Crippen LogP contribution in [-0.2, 0) is 14.8 Å². The summed E-state index contributed by atoms with van der Waals surface area (Å²) in [5, 5.41) is 2.31. The smallest absolute Gasteiger partial charge is 0.227 e. The van der Waals surface area contributed by atoms with Crippen LogP contribution in [0.25, 0.3) is 0 Å². The van der Waals surface area contributed by atoms with Gasteiger partial charge in [0, 0.05) is 18.0 Å². The van der Waals surface area contributed by atoms with Crippen LogP contribution < -0.4 is 14.8 Å². The van der Waals surface area contributed by atoms with Gasteiger partial charge in [-0.2, -0.15) is 0 Å². The van der Waals surface area contributed by atoms with Crippen LogP contribution in [0.3, 0.4) is 0 Å². The Hall–Kier alpha value is -2.52. The standard InChI is InChI=1S/C22H26F2N2O4S/c1-14(2)31(28,29)26-17-10-7-15(8-11-17)22(27)25-19-5-3-4-6-21(19)30-20-12-9-16(23)13-18(20)24/h3-6,9,12-15,17,26H,7-8,10-11H2,1-2H3,(H,25,27). The zero-order valence-electron chi connectivity index (χ0n) is 17.4. The van der Waals surface area contributed by atoms with Gasteiger partial charge in [0.1, 0.15) is 5.82 Å². The Balaban J connectivity index is 1.62. The minimum Gasteiger partial charge on any atom is -0.452 e. The number of carbonyl (C=O) groups excluding carboxylic acids is 1. The van der Waals surface area contributed by atoms with Gasteiger partial charge in [0.05, 0.1) is 10.9 Å². The molecule has 0 unspecified atom stereocenters. The number of halogens is 2. The average molecular weight is 453 g/mol. The van der Waals surface area contributed by atoms with Gasteiger partial charge in [0.2, 0.25) is 15.9 Å². The number of ether oxygens (including phenoxy) is 1. The number of rotatable bonds is 7. The fraction of sp³-hybridized carbons (Fsp3) is 0.409. The van der Waals surface area contributed by atoms with Crippen LogP contribution in [0.15, 0.2) is 42.5 Å². The summed E-state index contributed by atoms with van der Waals surface area (Å²) in [6.45, 7) is 3.25. The second kappa shape index (κ2) is 9.74. The summed E-state index contributed by atoms with van der Waals surface area (Å²) in [5.41, 5.74) is 0.374. The Morgan fingerprint density at radius 3 is 2.35 bits per heavy atom. The van der Waals surface area contributed by atoms with Crippen molar-refractivity contribution >= 4 is 21.6 Å². The summed E-state index contributed by atoms with van der Waals surface area (Å²) in [4.78, 5) is 12.8. The van der Waals surface area contributed by atoms with Crippen LogP contribution in [0.1, 0.15) is 39.5 Å². The van der Waals surface area contributed by atoms with Gasteiger partial charge in [0.25, 0.3) is 0 Å². The van der Waals surface area contributed by atoms with Crippen LogP contribution >= 0.6 is 0 Å². The highest BCUT2D eigenvalue weighted by atomic mass is 32.2. The van der Waals surface area contributed by atoms with Gasteiger partial charge in [-0.3, -0.25) is 4.79 Å². The number of carbonyl (C=O) groups is 1. The summed E-state index contributed by atoms with van der Waals surface area (Å²) in [5.74, 6) is -1.95. The monoisotopic (exact) mass is 452 g/mol. The van der Waals surface area contributed by atoms with Crippen LogP contribution in [0.2, 0.25) is 0 Å². The summed E-state index contributed by atoms with van der Waals surface area (Å²) in [7, 11) is -3.35. The van der Waals surface area contributed by atoms with E-state index in [2.05, 4.69) is 10.0 Å². The Morgan fingerprint density at radius 2 is 1.71 bits per heavy atom. The van der Waals surface area contributed by atoms with Gasteiger partial charge in [-0.15, -0.1) is 0 Å². The van der Waals surface area contributed by atoms with Gasteiger partial charge < -0.3 is 10.1 Å². The molecule has 9 heteroatoms. The zero-order valence-corrected chi connectivity index (χ0v) is 18.2. The molecule has 1 aliphatic rings. The minimum atomic E-state index is -3.35. The predicted molar refractivity (Wildman–Crippen MR) is 114 cm³/mol. The molecule has 0 bridgehead atoms. The number of nitrogens with one attached hydrogen (secondary N) is 2. The first-order chi connectivity index (χ1) is 14.7. The van der Waals surface area contributed by atoms with E-state index < -0.39 is 26.9 Å². The predicted octanol–water partition coefficient (Wildman–Crippen LogP) is 4.58. The third kappa shape index (κ3) is 6.01.